The van der Waals surface area contributed by atoms with E-state index in [1.807, 2.05) is 0 Å². The van der Waals surface area contributed by atoms with Crippen LogP contribution in [0.25, 0.3) is 10.4 Å². The molecule has 0 aromatic carbocycles. The first kappa shape index (κ1) is 41.0. The number of aliphatic carboxylic acids is 1. The van der Waals surface area contributed by atoms with Crippen LogP contribution < -0.4 is 5.32 Å². The van der Waals surface area contributed by atoms with Crippen LogP contribution in [-0.2, 0) is 38.0 Å². The summed E-state index contributed by atoms with van der Waals surface area (Å²) in [4.78, 5) is 27.3. The fraction of sp³-hybridized carbons (Fsp3) is 0.923. The molecule has 49 heavy (non-hydrogen) atoms. The number of carboxylic acids is 1. The summed E-state index contributed by atoms with van der Waals surface area (Å²) in [5, 5.41) is 109. The highest BCUT2D eigenvalue weighted by molar-refractivity contribution is 5.76. The number of carbonyl (C=O) groups excluding carboxylic acids is 1. The van der Waals surface area contributed by atoms with Crippen molar-refractivity contribution in [2.24, 2.45) is 5.11 Å². The van der Waals surface area contributed by atoms with Gasteiger partial charge in [0.05, 0.1) is 19.3 Å². The molecule has 1 amide bonds. The fourth-order valence-corrected chi connectivity index (χ4v) is 5.61. The standard InChI is InChI=1S/C26H43FN4O18/c1-9(34)30-14-20(18(40)13(8-33)46-23(14)44-4-2-3-29-31-28)47-24-19(41)22(17(39)12(6-27)45-24)49-26(25(42)43)5-10(35)15(37)21(48-26)16(38)11(36)7-32/h10-24,32-33,35-41H,2-8H2,1H3,(H,30,34)(H,42,43)/t10-,11+,12+,13+,14+,15+,16+,17-,18-,19+,20+,21+,22-,23-,24-,26-/m0/s1. The van der Waals surface area contributed by atoms with Crippen molar-refractivity contribution in [1.29, 1.82) is 0 Å². The number of ether oxygens (including phenoxy) is 6. The van der Waals surface area contributed by atoms with Gasteiger partial charge in [-0.3, -0.25) is 4.79 Å². The molecule has 3 aliphatic heterocycles. The molecule has 3 saturated heterocycles. The minimum absolute atomic E-state index is 0.0235. The first-order valence-corrected chi connectivity index (χ1v) is 15.1. The summed E-state index contributed by atoms with van der Waals surface area (Å²) >= 11 is 0. The van der Waals surface area contributed by atoms with Crippen LogP contribution in [0, 0.1) is 0 Å². The quantitative estimate of drug-likeness (QED) is 0.0307. The number of carboxylic acid groups (broad SMARTS) is 1. The van der Waals surface area contributed by atoms with Gasteiger partial charge in [0.25, 0.3) is 5.79 Å². The molecule has 0 unspecified atom stereocenters. The van der Waals surface area contributed by atoms with Gasteiger partial charge in [-0.25, -0.2) is 9.18 Å². The summed E-state index contributed by atoms with van der Waals surface area (Å²) in [5.74, 6) is -5.81. The van der Waals surface area contributed by atoms with E-state index in [4.69, 9.17) is 34.0 Å². The van der Waals surface area contributed by atoms with E-state index in [0.29, 0.717) is 0 Å². The third-order valence-corrected chi connectivity index (χ3v) is 8.16. The lowest BCUT2D eigenvalue weighted by Crippen LogP contribution is -2.70. The third kappa shape index (κ3) is 9.48. The van der Waals surface area contributed by atoms with E-state index in [9.17, 15) is 65.0 Å². The molecule has 3 fully saturated rings. The number of alkyl halides is 1. The molecule has 22 nitrogen and oxygen atoms in total. The number of nitrogens with zero attached hydrogens (tertiary/aromatic N) is 3. The molecule has 0 bridgehead atoms. The Bertz CT molecular complexity index is 1140. The molecular weight excluding hydrogens is 675 g/mol. The zero-order valence-corrected chi connectivity index (χ0v) is 26.1. The van der Waals surface area contributed by atoms with Crippen LogP contribution in [0.15, 0.2) is 5.11 Å². The Morgan fingerprint density at radius 1 is 1.04 bits per heavy atom. The zero-order chi connectivity index (χ0) is 36.6. The van der Waals surface area contributed by atoms with E-state index in [2.05, 4.69) is 15.3 Å². The SMILES string of the molecule is CC(=O)N[C@H]1[C@@H](OCCCN=[N+]=[N-])O[C@H](CO)[C@H](O)[C@@H]1O[C@@H]1O[C@H](CF)[C@H](O)[C@H](O[C@]2(C(=O)O)C[C@H](O)[C@@H](O)[C@H]([C@H](O)[C@H](O)CO)O2)[C@H]1O. The molecule has 0 aromatic rings. The Morgan fingerprint density at radius 2 is 1.69 bits per heavy atom. The largest absolute Gasteiger partial charge is 0.477 e. The Kier molecular flexibility index (Phi) is 15.2. The van der Waals surface area contributed by atoms with Crippen LogP contribution in [0.5, 0.6) is 0 Å². The minimum Gasteiger partial charge on any atom is -0.477 e. The number of hydrogen-bond donors (Lipinski definition) is 11. The van der Waals surface area contributed by atoms with Crippen LogP contribution in [-0.4, -0.2) is 194 Å². The minimum atomic E-state index is -3.09. The second-order valence-electron chi connectivity index (χ2n) is 11.6. The first-order valence-electron chi connectivity index (χ1n) is 15.1. The van der Waals surface area contributed by atoms with Gasteiger partial charge in [-0.2, -0.15) is 0 Å². The number of hydrogen-bond acceptors (Lipinski definition) is 18. The normalized spacial score (nSPS) is 40.9. The summed E-state index contributed by atoms with van der Waals surface area (Å²) < 4.78 is 47.4. The van der Waals surface area contributed by atoms with Crippen molar-refractivity contribution in [3.05, 3.63) is 10.4 Å². The van der Waals surface area contributed by atoms with Crippen molar-refractivity contribution < 1.29 is 93.5 Å². The fourth-order valence-electron chi connectivity index (χ4n) is 5.61. The van der Waals surface area contributed by atoms with Crippen LogP contribution >= 0.6 is 0 Å². The number of halogens is 1. The van der Waals surface area contributed by atoms with Gasteiger partial charge in [-0.05, 0) is 12.0 Å². The maximum Gasteiger partial charge on any atom is 0.364 e. The smallest absolute Gasteiger partial charge is 0.364 e. The highest BCUT2D eigenvalue weighted by atomic mass is 19.1. The van der Waals surface area contributed by atoms with E-state index < -0.39 is 136 Å². The van der Waals surface area contributed by atoms with Crippen LogP contribution in [0.3, 0.4) is 0 Å². The molecule has 282 valence electrons. The molecular formula is C26H43FN4O18. The number of azide groups is 1. The summed E-state index contributed by atoms with van der Waals surface area (Å²) in [5.41, 5.74) is 8.46. The monoisotopic (exact) mass is 718 g/mol. The molecule has 3 aliphatic rings. The van der Waals surface area contributed by atoms with E-state index >= 15 is 0 Å². The van der Waals surface area contributed by atoms with Gasteiger partial charge in [0, 0.05) is 31.4 Å². The Hall–Kier alpha value is -2.42. The van der Waals surface area contributed by atoms with Gasteiger partial charge in [-0.1, -0.05) is 5.11 Å². The first-order chi connectivity index (χ1) is 23.2. The van der Waals surface area contributed by atoms with E-state index in [-0.39, 0.29) is 19.6 Å². The van der Waals surface area contributed by atoms with Crippen molar-refractivity contribution in [1.82, 2.24) is 5.32 Å². The Labute approximate surface area is 277 Å². The van der Waals surface area contributed by atoms with Crippen LogP contribution in [0.1, 0.15) is 19.8 Å². The summed E-state index contributed by atoms with van der Waals surface area (Å²) in [6.45, 7) is -2.37. The molecule has 3 heterocycles. The number of amides is 1. The number of aliphatic hydroxyl groups excluding tert-OH is 9. The van der Waals surface area contributed by atoms with E-state index in [1.165, 1.54) is 0 Å². The average molecular weight is 719 g/mol. The lowest BCUT2D eigenvalue weighted by Gasteiger charge is -2.50. The average Bonchev–Trinajstić information content (AvgIpc) is 3.06. The van der Waals surface area contributed by atoms with Crippen molar-refractivity contribution in [3.8, 4) is 0 Å². The summed E-state index contributed by atoms with van der Waals surface area (Å²) in [6.07, 6.45) is -28.2. The van der Waals surface area contributed by atoms with Crippen LogP contribution in [0.2, 0.25) is 0 Å². The molecule has 16 atom stereocenters. The van der Waals surface area contributed by atoms with E-state index in [1.54, 1.807) is 0 Å². The summed E-state index contributed by atoms with van der Waals surface area (Å²) in [7, 11) is 0. The number of carbonyl (C=O) groups is 2. The maximum absolute atomic E-state index is 14.2. The van der Waals surface area contributed by atoms with Crippen molar-refractivity contribution in [3.63, 3.8) is 0 Å². The predicted molar refractivity (Wildman–Crippen MR) is 151 cm³/mol. The number of rotatable bonds is 16. The van der Waals surface area contributed by atoms with Gasteiger partial charge in [0.1, 0.15) is 79.9 Å². The molecule has 0 aliphatic carbocycles. The maximum atomic E-state index is 14.2. The lowest BCUT2D eigenvalue weighted by molar-refractivity contribution is -0.385. The molecule has 0 spiro atoms. The predicted octanol–water partition coefficient (Wildman–Crippen LogP) is -5.52. The van der Waals surface area contributed by atoms with Crippen LogP contribution in [0.4, 0.5) is 4.39 Å². The number of aliphatic hydroxyl groups is 9. The van der Waals surface area contributed by atoms with E-state index in [0.717, 1.165) is 6.92 Å². The van der Waals surface area contributed by atoms with Gasteiger partial charge >= 0.3 is 5.97 Å². The van der Waals surface area contributed by atoms with Crippen molar-refractivity contribution in [2.45, 2.75) is 117 Å². The second kappa shape index (κ2) is 18.2. The van der Waals surface area contributed by atoms with Gasteiger partial charge in [0.2, 0.25) is 5.91 Å². The molecule has 11 N–H and O–H groups in total. The molecule has 0 aromatic heterocycles. The number of nitrogens with one attached hydrogen (secondary N) is 1. The Balaban J connectivity index is 1.94. The topological polar surface area (TPSA) is 353 Å². The third-order valence-electron chi connectivity index (χ3n) is 8.16. The highest BCUT2D eigenvalue weighted by Crippen LogP contribution is 2.38. The lowest BCUT2D eigenvalue weighted by atomic mass is 9.90. The molecule has 0 saturated carbocycles. The van der Waals surface area contributed by atoms with Gasteiger partial charge < -0.3 is 84.8 Å². The Morgan fingerprint density at radius 3 is 2.27 bits per heavy atom. The second-order valence-corrected chi connectivity index (χ2v) is 11.6. The molecule has 0 radical (unpaired) electrons. The molecule has 3 rings (SSSR count). The van der Waals surface area contributed by atoms with Crippen molar-refractivity contribution in [2.75, 3.05) is 33.0 Å². The van der Waals surface area contributed by atoms with Gasteiger partial charge in [0.15, 0.2) is 12.6 Å². The highest BCUT2D eigenvalue weighted by Gasteiger charge is 2.60. The molecule has 23 heteroatoms. The summed E-state index contributed by atoms with van der Waals surface area (Å²) in [6, 6.07) is -1.41. The van der Waals surface area contributed by atoms with Crippen molar-refractivity contribution >= 4 is 11.9 Å². The zero-order valence-electron chi connectivity index (χ0n) is 26.1. The van der Waals surface area contributed by atoms with Gasteiger partial charge in [-0.15, -0.1) is 0 Å².